The van der Waals surface area contributed by atoms with Crippen molar-refractivity contribution in [1.82, 2.24) is 0 Å². The van der Waals surface area contributed by atoms with Gasteiger partial charge in [-0.1, -0.05) is 22.0 Å². The summed E-state index contributed by atoms with van der Waals surface area (Å²) in [7, 11) is 1.70. The van der Waals surface area contributed by atoms with Gasteiger partial charge in [0.25, 0.3) is 0 Å². The zero-order valence-electron chi connectivity index (χ0n) is 9.26. The van der Waals surface area contributed by atoms with Crippen LogP contribution < -0.4 is 4.74 Å². The van der Waals surface area contributed by atoms with Crippen LogP contribution in [0.2, 0.25) is 0 Å². The third-order valence-electron chi connectivity index (χ3n) is 3.12. The fraction of sp³-hybridized carbons (Fsp3) is 0.143. The summed E-state index contributed by atoms with van der Waals surface area (Å²) in [5.41, 5.74) is 5.32. The molecular formula is C14H10Br2O. The lowest BCUT2D eigenvalue weighted by molar-refractivity contribution is 0.412. The molecule has 0 saturated heterocycles. The molecule has 0 spiro atoms. The molecule has 0 fully saturated rings. The summed E-state index contributed by atoms with van der Waals surface area (Å²) >= 11 is 7.05. The fourth-order valence-corrected chi connectivity index (χ4v) is 3.29. The van der Waals surface area contributed by atoms with Crippen molar-refractivity contribution in [2.24, 2.45) is 0 Å². The average Bonchev–Trinajstić information content (AvgIpc) is 2.63. The van der Waals surface area contributed by atoms with Gasteiger partial charge in [-0.2, -0.15) is 0 Å². The van der Waals surface area contributed by atoms with E-state index in [0.29, 0.717) is 0 Å². The Balaban J connectivity index is 2.21. The van der Waals surface area contributed by atoms with Gasteiger partial charge in [0.05, 0.1) is 11.6 Å². The molecular weight excluding hydrogens is 344 g/mol. The Morgan fingerprint density at radius 3 is 2.53 bits per heavy atom. The lowest BCUT2D eigenvalue weighted by Gasteiger charge is -2.07. The van der Waals surface area contributed by atoms with E-state index >= 15 is 0 Å². The molecule has 0 amide bonds. The van der Waals surface area contributed by atoms with E-state index in [4.69, 9.17) is 4.74 Å². The molecule has 2 aromatic carbocycles. The van der Waals surface area contributed by atoms with Crippen LogP contribution >= 0.6 is 31.9 Å². The number of benzene rings is 2. The third kappa shape index (κ3) is 1.81. The first kappa shape index (κ1) is 11.3. The fourth-order valence-electron chi connectivity index (χ4n) is 2.32. The molecule has 0 N–H and O–H groups in total. The van der Waals surface area contributed by atoms with Crippen molar-refractivity contribution in [1.29, 1.82) is 0 Å². The Hall–Kier alpha value is -0.800. The highest BCUT2D eigenvalue weighted by Gasteiger charge is 2.20. The van der Waals surface area contributed by atoms with Crippen molar-refractivity contribution in [2.75, 3.05) is 7.11 Å². The van der Waals surface area contributed by atoms with Crippen molar-refractivity contribution >= 4 is 31.9 Å². The van der Waals surface area contributed by atoms with E-state index in [9.17, 15) is 0 Å². The second kappa shape index (κ2) is 4.14. The zero-order chi connectivity index (χ0) is 12.0. The van der Waals surface area contributed by atoms with Crippen molar-refractivity contribution in [2.45, 2.75) is 6.42 Å². The minimum atomic E-state index is 0.888. The maximum Gasteiger partial charge on any atom is 0.133 e. The SMILES string of the molecule is COc1cc2c(cc1Br)Cc1cc(Br)ccc1-2. The smallest absolute Gasteiger partial charge is 0.133 e. The van der Waals surface area contributed by atoms with Crippen molar-refractivity contribution in [3.05, 3.63) is 50.4 Å². The number of hydrogen-bond donors (Lipinski definition) is 0. The summed E-state index contributed by atoms with van der Waals surface area (Å²) in [4.78, 5) is 0. The number of rotatable bonds is 1. The van der Waals surface area contributed by atoms with Crippen LogP contribution in [0, 0.1) is 0 Å². The maximum atomic E-state index is 5.35. The second-order valence-electron chi connectivity index (χ2n) is 4.12. The summed E-state index contributed by atoms with van der Waals surface area (Å²) in [5.74, 6) is 0.888. The molecule has 1 aliphatic carbocycles. The highest BCUT2D eigenvalue weighted by molar-refractivity contribution is 9.10. The van der Waals surface area contributed by atoms with Crippen molar-refractivity contribution in [3.8, 4) is 16.9 Å². The summed E-state index contributed by atoms with van der Waals surface area (Å²) in [6.07, 6.45) is 0.993. The lowest BCUT2D eigenvalue weighted by Crippen LogP contribution is -1.87. The minimum Gasteiger partial charge on any atom is -0.496 e. The second-order valence-corrected chi connectivity index (χ2v) is 5.89. The summed E-state index contributed by atoms with van der Waals surface area (Å²) in [5, 5.41) is 0. The lowest BCUT2D eigenvalue weighted by atomic mass is 10.1. The van der Waals surface area contributed by atoms with Gasteiger partial charge in [0.1, 0.15) is 5.75 Å². The van der Waals surface area contributed by atoms with Gasteiger partial charge in [0.2, 0.25) is 0 Å². The van der Waals surface area contributed by atoms with Crippen molar-refractivity contribution in [3.63, 3.8) is 0 Å². The topological polar surface area (TPSA) is 9.23 Å². The van der Waals surface area contributed by atoms with Crippen LogP contribution in [0.3, 0.4) is 0 Å². The quantitative estimate of drug-likeness (QED) is 0.611. The predicted molar refractivity (Wildman–Crippen MR) is 76.6 cm³/mol. The van der Waals surface area contributed by atoms with E-state index in [1.54, 1.807) is 7.11 Å². The first-order chi connectivity index (χ1) is 8.19. The first-order valence-corrected chi connectivity index (χ1v) is 6.93. The number of halogens is 2. The van der Waals surface area contributed by atoms with Gasteiger partial charge >= 0.3 is 0 Å². The zero-order valence-corrected chi connectivity index (χ0v) is 12.4. The molecule has 2 aromatic rings. The summed E-state index contributed by atoms with van der Waals surface area (Å²) < 4.78 is 7.51. The predicted octanol–water partition coefficient (Wildman–Crippen LogP) is 4.79. The molecule has 3 rings (SSSR count). The van der Waals surface area contributed by atoms with Crippen LogP contribution in [-0.2, 0) is 6.42 Å². The third-order valence-corrected chi connectivity index (χ3v) is 4.23. The largest absolute Gasteiger partial charge is 0.496 e. The normalized spacial score (nSPS) is 12.2. The van der Waals surface area contributed by atoms with Gasteiger partial charge in [-0.05, 0) is 68.9 Å². The molecule has 17 heavy (non-hydrogen) atoms. The Morgan fingerprint density at radius 1 is 1.00 bits per heavy atom. The standard InChI is InChI=1S/C14H10Br2O/c1-17-14-7-12-9(6-13(14)16)4-8-5-10(15)2-3-11(8)12/h2-3,5-7H,4H2,1H3. The highest BCUT2D eigenvalue weighted by atomic mass is 79.9. The molecule has 0 atom stereocenters. The number of hydrogen-bond acceptors (Lipinski definition) is 1. The van der Waals surface area contributed by atoms with Crippen LogP contribution in [0.4, 0.5) is 0 Å². The van der Waals surface area contributed by atoms with Gasteiger partial charge in [-0.15, -0.1) is 0 Å². The number of ether oxygens (including phenoxy) is 1. The highest BCUT2D eigenvalue weighted by Crippen LogP contribution is 2.42. The molecule has 0 unspecified atom stereocenters. The maximum absolute atomic E-state index is 5.35. The molecule has 0 aliphatic heterocycles. The van der Waals surface area contributed by atoms with E-state index < -0.39 is 0 Å². The molecule has 1 nitrogen and oxygen atoms in total. The monoisotopic (exact) mass is 352 g/mol. The molecule has 0 saturated carbocycles. The number of methoxy groups -OCH3 is 1. The Morgan fingerprint density at radius 2 is 1.76 bits per heavy atom. The van der Waals surface area contributed by atoms with Crippen LogP contribution in [0.5, 0.6) is 5.75 Å². The summed E-state index contributed by atoms with van der Waals surface area (Å²) in [6, 6.07) is 10.7. The Bertz CT molecular complexity index is 605. The van der Waals surface area contributed by atoms with Gasteiger partial charge < -0.3 is 4.74 Å². The van der Waals surface area contributed by atoms with E-state index in [1.165, 1.54) is 22.3 Å². The van der Waals surface area contributed by atoms with Crippen LogP contribution in [-0.4, -0.2) is 7.11 Å². The van der Waals surface area contributed by atoms with Crippen LogP contribution in [0.15, 0.2) is 39.3 Å². The van der Waals surface area contributed by atoms with E-state index in [0.717, 1.165) is 21.1 Å². The molecule has 86 valence electrons. The van der Waals surface area contributed by atoms with Gasteiger partial charge in [-0.25, -0.2) is 0 Å². The Kier molecular flexibility index (Phi) is 2.75. The first-order valence-electron chi connectivity index (χ1n) is 5.34. The van der Waals surface area contributed by atoms with Crippen LogP contribution in [0.1, 0.15) is 11.1 Å². The summed E-state index contributed by atoms with van der Waals surface area (Å²) in [6.45, 7) is 0. The van der Waals surface area contributed by atoms with E-state index in [2.05, 4.69) is 62.2 Å². The minimum absolute atomic E-state index is 0.888. The van der Waals surface area contributed by atoms with Crippen molar-refractivity contribution < 1.29 is 4.74 Å². The molecule has 0 aromatic heterocycles. The molecule has 0 heterocycles. The van der Waals surface area contributed by atoms with Crippen LogP contribution in [0.25, 0.3) is 11.1 Å². The molecule has 0 bridgehead atoms. The molecule has 1 aliphatic rings. The average molecular weight is 354 g/mol. The molecule has 0 radical (unpaired) electrons. The van der Waals surface area contributed by atoms with Gasteiger partial charge in [0, 0.05) is 4.47 Å². The number of fused-ring (bicyclic) bond motifs is 3. The molecule has 3 heteroatoms. The van der Waals surface area contributed by atoms with E-state index in [1.807, 2.05) is 0 Å². The van der Waals surface area contributed by atoms with Gasteiger partial charge in [0.15, 0.2) is 0 Å². The van der Waals surface area contributed by atoms with E-state index in [-0.39, 0.29) is 0 Å². The Labute approximate surface area is 117 Å². The van der Waals surface area contributed by atoms with Gasteiger partial charge in [-0.3, -0.25) is 0 Å².